The van der Waals surface area contributed by atoms with Gasteiger partial charge >= 0.3 is 0 Å². The highest BCUT2D eigenvalue weighted by atomic mass is 16.5. The molecule has 0 spiro atoms. The van der Waals surface area contributed by atoms with Gasteiger partial charge in [0, 0.05) is 14.1 Å². The maximum atomic E-state index is 9.71. The summed E-state index contributed by atoms with van der Waals surface area (Å²) in [5.41, 5.74) is 1.87. The fourth-order valence-electron chi connectivity index (χ4n) is 2.25. The summed E-state index contributed by atoms with van der Waals surface area (Å²) in [7, 11) is 5.35. The summed E-state index contributed by atoms with van der Waals surface area (Å²) in [6, 6.07) is 2.25. The molecule has 0 aromatic rings. The second kappa shape index (κ2) is 10.4. The Balaban J connectivity index is 3.43. The van der Waals surface area contributed by atoms with Crippen molar-refractivity contribution in [2.45, 2.75) is 20.3 Å². The molecule has 1 aliphatic heterocycles. The maximum Gasteiger partial charge on any atom is 0.244 e. The number of aliphatic imine (C=N–C) groups is 1. The summed E-state index contributed by atoms with van der Waals surface area (Å²) >= 11 is 0. The predicted molar refractivity (Wildman–Crippen MR) is 96.0 cm³/mol. The molecule has 6 nitrogen and oxygen atoms in total. The molecule has 0 N–H and O–H groups in total. The number of nitrogens with zero attached hydrogens (tertiary/aromatic N) is 4. The maximum absolute atomic E-state index is 9.71. The number of ether oxygens (including phenoxy) is 2. The van der Waals surface area contributed by atoms with Gasteiger partial charge in [-0.2, -0.15) is 9.84 Å². The topological polar surface area (TPSA) is 60.9 Å². The van der Waals surface area contributed by atoms with Crippen molar-refractivity contribution >= 4 is 12.6 Å². The summed E-state index contributed by atoms with van der Waals surface area (Å²) in [6.07, 6.45) is 8.34. The zero-order valence-corrected chi connectivity index (χ0v) is 15.2. The van der Waals surface area contributed by atoms with Crippen molar-refractivity contribution in [3.05, 3.63) is 34.9 Å². The highest BCUT2D eigenvalue weighted by Crippen LogP contribution is 2.24. The molecule has 0 unspecified atom stereocenters. The van der Waals surface area contributed by atoms with Gasteiger partial charge in [-0.1, -0.05) is 13.0 Å². The molecule has 6 heteroatoms. The molecule has 0 saturated heterocycles. The van der Waals surface area contributed by atoms with Crippen molar-refractivity contribution in [1.29, 1.82) is 5.26 Å². The Morgan fingerprint density at radius 2 is 2.25 bits per heavy atom. The summed E-state index contributed by atoms with van der Waals surface area (Å²) in [6.45, 7) is 5.84. The van der Waals surface area contributed by atoms with Crippen LogP contribution in [0, 0.1) is 11.3 Å². The molecular formula is C18H27N4O2+. The van der Waals surface area contributed by atoms with Crippen LogP contribution in [0.4, 0.5) is 0 Å². The standard InChI is InChI=1S/C18H27N4O2/c1-6-8-17(22-9-11-24-12-10-22)18(23-5)15(13-19)16(7-2)20-14-21(3)4/h7-9,14H,6,10-12H2,1-5H3/q+1/b16-7+,17-8-,18-15+,20-14?. The fraction of sp³-hybridized carbons (Fsp3) is 0.500. The minimum Gasteiger partial charge on any atom is -0.489 e. The molecule has 0 fully saturated rings. The first-order valence-electron chi connectivity index (χ1n) is 8.02. The van der Waals surface area contributed by atoms with Crippen LogP contribution in [0.1, 0.15) is 20.3 Å². The third kappa shape index (κ3) is 5.36. The van der Waals surface area contributed by atoms with E-state index in [1.807, 2.05) is 38.2 Å². The van der Waals surface area contributed by atoms with Gasteiger partial charge in [-0.05, 0) is 19.4 Å². The summed E-state index contributed by atoms with van der Waals surface area (Å²) in [5, 5.41) is 9.71. The molecule has 0 aromatic heterocycles. The van der Waals surface area contributed by atoms with Gasteiger partial charge in [-0.3, -0.25) is 0 Å². The zero-order chi connectivity index (χ0) is 17.9. The smallest absolute Gasteiger partial charge is 0.244 e. The third-order valence-corrected chi connectivity index (χ3v) is 3.33. The summed E-state index contributed by atoms with van der Waals surface area (Å²) in [5.74, 6) is 0.529. The van der Waals surface area contributed by atoms with E-state index in [1.54, 1.807) is 13.4 Å². The van der Waals surface area contributed by atoms with E-state index in [4.69, 9.17) is 9.47 Å². The van der Waals surface area contributed by atoms with Crippen molar-refractivity contribution in [1.82, 2.24) is 4.90 Å². The average Bonchev–Trinajstić information content (AvgIpc) is 2.60. The van der Waals surface area contributed by atoms with Crippen LogP contribution in [-0.4, -0.2) is 63.0 Å². The summed E-state index contributed by atoms with van der Waals surface area (Å²) in [4.78, 5) is 6.21. The van der Waals surface area contributed by atoms with Crippen molar-refractivity contribution in [2.24, 2.45) is 4.99 Å². The van der Waals surface area contributed by atoms with E-state index in [-0.39, 0.29) is 0 Å². The minimum atomic E-state index is 0.415. The van der Waals surface area contributed by atoms with Crippen LogP contribution in [0.3, 0.4) is 0 Å². The molecule has 0 aromatic carbocycles. The highest BCUT2D eigenvalue weighted by Gasteiger charge is 2.26. The number of methoxy groups -OCH3 is 1. The Labute approximate surface area is 144 Å². The fourth-order valence-corrected chi connectivity index (χ4v) is 2.25. The Morgan fingerprint density at radius 3 is 2.71 bits per heavy atom. The van der Waals surface area contributed by atoms with Crippen molar-refractivity contribution in [3.8, 4) is 6.07 Å². The third-order valence-electron chi connectivity index (χ3n) is 3.33. The van der Waals surface area contributed by atoms with E-state index >= 15 is 0 Å². The molecule has 0 saturated carbocycles. The summed E-state index contributed by atoms with van der Waals surface area (Å²) < 4.78 is 13.1. The lowest BCUT2D eigenvalue weighted by Gasteiger charge is -2.15. The van der Waals surface area contributed by atoms with Crippen LogP contribution in [0.25, 0.3) is 0 Å². The Hall–Kier alpha value is -2.39. The predicted octanol–water partition coefficient (Wildman–Crippen LogP) is 2.31. The van der Waals surface area contributed by atoms with Crippen LogP contribution in [0.5, 0.6) is 0 Å². The van der Waals surface area contributed by atoms with Gasteiger partial charge < -0.3 is 14.4 Å². The van der Waals surface area contributed by atoms with E-state index in [9.17, 15) is 5.26 Å². The van der Waals surface area contributed by atoms with Gasteiger partial charge in [0.2, 0.25) is 11.5 Å². The first kappa shape index (κ1) is 19.7. The van der Waals surface area contributed by atoms with Gasteiger partial charge in [0.1, 0.15) is 24.9 Å². The van der Waals surface area contributed by atoms with Crippen LogP contribution in [-0.2, 0) is 9.47 Å². The molecule has 1 rings (SSSR count). The zero-order valence-electron chi connectivity index (χ0n) is 15.2. The van der Waals surface area contributed by atoms with Crippen molar-refractivity contribution < 1.29 is 14.0 Å². The Morgan fingerprint density at radius 1 is 1.50 bits per heavy atom. The molecular weight excluding hydrogens is 304 g/mol. The molecule has 0 amide bonds. The molecule has 0 bridgehead atoms. The quantitative estimate of drug-likeness (QED) is 0.179. The van der Waals surface area contributed by atoms with Gasteiger partial charge in [0.25, 0.3) is 0 Å². The van der Waals surface area contributed by atoms with Crippen LogP contribution in [0.2, 0.25) is 0 Å². The number of rotatable bonds is 7. The minimum absolute atomic E-state index is 0.415. The van der Waals surface area contributed by atoms with E-state index in [1.165, 1.54) is 0 Å². The van der Waals surface area contributed by atoms with Crippen LogP contribution in [0.15, 0.2) is 39.9 Å². The van der Waals surface area contributed by atoms with Gasteiger partial charge in [0.05, 0.1) is 19.1 Å². The van der Waals surface area contributed by atoms with E-state index < -0.39 is 0 Å². The van der Waals surface area contributed by atoms with Crippen molar-refractivity contribution in [2.75, 3.05) is 41.0 Å². The average molecular weight is 331 g/mol. The largest absolute Gasteiger partial charge is 0.489 e. The SMILES string of the molecule is C\C=C(N=CN(C)C)/C(C#N)=C(OC)\C(=C\CC)[N+]1=CCOCC1. The monoisotopic (exact) mass is 331 g/mol. The van der Waals surface area contributed by atoms with E-state index in [0.717, 1.165) is 18.7 Å². The van der Waals surface area contributed by atoms with E-state index in [0.29, 0.717) is 30.2 Å². The molecule has 24 heavy (non-hydrogen) atoms. The molecule has 0 atom stereocenters. The first-order chi connectivity index (χ1) is 11.6. The van der Waals surface area contributed by atoms with Gasteiger partial charge in [-0.25, -0.2) is 4.99 Å². The molecule has 0 radical (unpaired) electrons. The molecule has 0 aliphatic carbocycles. The number of hydrogen-bond donors (Lipinski definition) is 0. The highest BCUT2D eigenvalue weighted by molar-refractivity contribution is 5.60. The normalized spacial score (nSPS) is 17.2. The Bertz CT molecular complexity index is 619. The van der Waals surface area contributed by atoms with Crippen LogP contribution >= 0.6 is 0 Å². The van der Waals surface area contributed by atoms with Gasteiger partial charge in [-0.15, -0.1) is 0 Å². The first-order valence-corrected chi connectivity index (χ1v) is 8.02. The molecule has 130 valence electrons. The van der Waals surface area contributed by atoms with E-state index in [2.05, 4.69) is 28.6 Å². The number of hydrogen-bond acceptors (Lipinski definition) is 4. The molecule has 1 aliphatic rings. The lowest BCUT2D eigenvalue weighted by molar-refractivity contribution is -0.484. The number of allylic oxidation sites excluding steroid dienone is 3. The molecule has 1 heterocycles. The lowest BCUT2D eigenvalue weighted by atomic mass is 10.1. The van der Waals surface area contributed by atoms with Crippen molar-refractivity contribution in [3.63, 3.8) is 0 Å². The second-order valence-corrected chi connectivity index (χ2v) is 5.35. The van der Waals surface area contributed by atoms with Crippen LogP contribution < -0.4 is 0 Å². The Kier molecular flexibility index (Phi) is 8.52. The van der Waals surface area contributed by atoms with Gasteiger partial charge in [0.15, 0.2) is 12.8 Å². The number of nitriles is 1. The second-order valence-electron chi connectivity index (χ2n) is 5.35. The lowest BCUT2D eigenvalue weighted by Crippen LogP contribution is -2.27.